The first-order valence-electron chi connectivity index (χ1n) is 4.22. The molecule has 0 saturated carbocycles. The summed E-state index contributed by atoms with van der Waals surface area (Å²) in [5.74, 6) is 0. The maximum absolute atomic E-state index is 11.7. The number of halogens is 1. The molecule has 0 rings (SSSR count). The van der Waals surface area contributed by atoms with Gasteiger partial charge < -0.3 is 0 Å². The molecule has 5 heteroatoms. The third-order valence-corrected chi connectivity index (χ3v) is 2.09. The standard InChI is InChI=1S/C8H13FO3S/c9-8(10)6-4-2-1-3-5-7-13(11)12/h7H,1-6H2. The van der Waals surface area contributed by atoms with E-state index in [1.165, 1.54) is 5.37 Å². The molecule has 0 N–H and O–H groups in total. The van der Waals surface area contributed by atoms with E-state index in [0.717, 1.165) is 19.3 Å². The van der Waals surface area contributed by atoms with Crippen molar-refractivity contribution in [1.82, 2.24) is 0 Å². The molecule has 0 bridgehead atoms. The molecular formula is C8H13FO3S. The van der Waals surface area contributed by atoms with Crippen molar-refractivity contribution in [3.8, 4) is 0 Å². The molecule has 0 aromatic heterocycles. The molecule has 0 aromatic rings. The van der Waals surface area contributed by atoms with Crippen LogP contribution in [0.4, 0.5) is 4.39 Å². The summed E-state index contributed by atoms with van der Waals surface area (Å²) in [4.78, 5) is 9.87. The summed E-state index contributed by atoms with van der Waals surface area (Å²) >= 11 is 0. The minimum absolute atomic E-state index is 0.0167. The molecule has 0 fully saturated rings. The minimum Gasteiger partial charge on any atom is -0.261 e. The molecule has 0 aliphatic carbocycles. The molecule has 0 aliphatic rings. The fourth-order valence-electron chi connectivity index (χ4n) is 0.941. The highest BCUT2D eigenvalue weighted by atomic mass is 32.2. The molecule has 3 nitrogen and oxygen atoms in total. The van der Waals surface area contributed by atoms with Gasteiger partial charge in [-0.25, -0.2) is 0 Å². The Morgan fingerprint density at radius 1 is 1.15 bits per heavy atom. The first-order valence-corrected chi connectivity index (χ1v) is 5.36. The van der Waals surface area contributed by atoms with E-state index in [-0.39, 0.29) is 6.42 Å². The van der Waals surface area contributed by atoms with Gasteiger partial charge in [0, 0.05) is 11.8 Å². The van der Waals surface area contributed by atoms with E-state index in [2.05, 4.69) is 0 Å². The van der Waals surface area contributed by atoms with Gasteiger partial charge in [0.25, 0.3) is 0 Å². The van der Waals surface area contributed by atoms with Crippen LogP contribution in [0.25, 0.3) is 0 Å². The predicted molar refractivity (Wildman–Crippen MR) is 48.8 cm³/mol. The zero-order chi connectivity index (χ0) is 10.1. The number of hydrogen-bond donors (Lipinski definition) is 0. The lowest BCUT2D eigenvalue weighted by atomic mass is 10.1. The summed E-state index contributed by atoms with van der Waals surface area (Å²) in [5.41, 5.74) is 0. The molecule has 0 aromatic carbocycles. The Kier molecular flexibility index (Phi) is 7.48. The molecule has 0 amide bonds. The Morgan fingerprint density at radius 2 is 1.77 bits per heavy atom. The molecule has 76 valence electrons. The smallest absolute Gasteiger partial charge is 0.261 e. The average Bonchev–Trinajstić information content (AvgIpc) is 2.01. The van der Waals surface area contributed by atoms with Gasteiger partial charge in [-0.3, -0.25) is 4.79 Å². The van der Waals surface area contributed by atoms with Gasteiger partial charge in [0.15, 0.2) is 0 Å². The average molecular weight is 208 g/mol. The van der Waals surface area contributed by atoms with Crippen molar-refractivity contribution in [2.45, 2.75) is 38.5 Å². The second-order valence-electron chi connectivity index (χ2n) is 2.74. The van der Waals surface area contributed by atoms with Crippen molar-refractivity contribution in [3.63, 3.8) is 0 Å². The quantitative estimate of drug-likeness (QED) is 0.362. The van der Waals surface area contributed by atoms with Gasteiger partial charge >= 0.3 is 6.04 Å². The van der Waals surface area contributed by atoms with Gasteiger partial charge in [0.05, 0.1) is 0 Å². The monoisotopic (exact) mass is 208 g/mol. The zero-order valence-corrected chi connectivity index (χ0v) is 8.15. The van der Waals surface area contributed by atoms with Crippen molar-refractivity contribution in [1.29, 1.82) is 0 Å². The van der Waals surface area contributed by atoms with Crippen LogP contribution in [-0.2, 0) is 15.1 Å². The van der Waals surface area contributed by atoms with E-state index in [1.807, 2.05) is 0 Å². The Morgan fingerprint density at radius 3 is 2.31 bits per heavy atom. The van der Waals surface area contributed by atoms with E-state index in [0.29, 0.717) is 12.8 Å². The number of rotatable bonds is 7. The first-order chi connectivity index (χ1) is 6.13. The Balaban J connectivity index is 3.18. The number of hydrogen-bond acceptors (Lipinski definition) is 3. The van der Waals surface area contributed by atoms with E-state index in [4.69, 9.17) is 0 Å². The van der Waals surface area contributed by atoms with Gasteiger partial charge in [-0.1, -0.05) is 12.8 Å². The van der Waals surface area contributed by atoms with Crippen LogP contribution < -0.4 is 0 Å². The van der Waals surface area contributed by atoms with Gasteiger partial charge in [-0.15, -0.1) is 0 Å². The minimum atomic E-state index is -2.07. The summed E-state index contributed by atoms with van der Waals surface area (Å²) in [6.07, 6.45) is 3.44. The van der Waals surface area contributed by atoms with Crippen molar-refractivity contribution in [2.24, 2.45) is 0 Å². The van der Waals surface area contributed by atoms with Crippen LogP contribution in [0, 0.1) is 0 Å². The summed E-state index contributed by atoms with van der Waals surface area (Å²) < 4.78 is 31.7. The Labute approximate surface area is 78.5 Å². The Bertz CT molecular complexity index is 261. The van der Waals surface area contributed by atoms with E-state index >= 15 is 0 Å². The highest BCUT2D eigenvalue weighted by Gasteiger charge is 1.96. The lowest BCUT2D eigenvalue weighted by molar-refractivity contribution is -0.129. The molecule has 0 atom stereocenters. The second-order valence-corrected chi connectivity index (χ2v) is 3.59. The molecule has 0 spiro atoms. The third kappa shape index (κ3) is 11.3. The number of carbonyl (C=O) groups is 1. The summed E-state index contributed by atoms with van der Waals surface area (Å²) in [7, 11) is -2.07. The number of unbranched alkanes of at least 4 members (excludes halogenated alkanes) is 4. The van der Waals surface area contributed by atoms with Crippen molar-refractivity contribution in [2.75, 3.05) is 0 Å². The van der Waals surface area contributed by atoms with Gasteiger partial charge in [-0.2, -0.15) is 12.8 Å². The van der Waals surface area contributed by atoms with Crippen LogP contribution in [0.2, 0.25) is 0 Å². The van der Waals surface area contributed by atoms with Crippen LogP contribution >= 0.6 is 0 Å². The highest BCUT2D eigenvalue weighted by Crippen LogP contribution is 2.04. The number of carbonyl (C=O) groups excluding carboxylic acids is 1. The second kappa shape index (κ2) is 7.91. The normalized spacial score (nSPS) is 9.62. The molecule has 13 heavy (non-hydrogen) atoms. The fourth-order valence-corrected chi connectivity index (χ4v) is 1.30. The Hall–Kier alpha value is -0.710. The maximum atomic E-state index is 11.7. The molecule has 0 saturated heterocycles. The zero-order valence-electron chi connectivity index (χ0n) is 7.33. The lowest BCUT2D eigenvalue weighted by Crippen LogP contribution is -1.87. The van der Waals surface area contributed by atoms with Crippen LogP contribution in [0.15, 0.2) is 0 Å². The van der Waals surface area contributed by atoms with E-state index in [9.17, 15) is 17.6 Å². The van der Waals surface area contributed by atoms with Crippen molar-refractivity contribution in [3.05, 3.63) is 0 Å². The summed E-state index contributed by atoms with van der Waals surface area (Å²) in [6.45, 7) is 0. The largest absolute Gasteiger partial charge is 0.301 e. The van der Waals surface area contributed by atoms with Crippen LogP contribution in [0.5, 0.6) is 0 Å². The predicted octanol–water partition coefficient (Wildman–Crippen LogP) is 1.50. The van der Waals surface area contributed by atoms with Gasteiger partial charge in [-0.05, 0) is 19.3 Å². The van der Waals surface area contributed by atoms with E-state index < -0.39 is 16.3 Å². The third-order valence-electron chi connectivity index (χ3n) is 1.58. The van der Waals surface area contributed by atoms with Crippen LogP contribution in [0.1, 0.15) is 38.5 Å². The molecule has 0 radical (unpaired) electrons. The fraction of sp³-hybridized carbons (Fsp3) is 0.750. The molecular weight excluding hydrogens is 195 g/mol. The van der Waals surface area contributed by atoms with Gasteiger partial charge in [0.1, 0.15) is 0 Å². The van der Waals surface area contributed by atoms with Crippen molar-refractivity contribution >= 4 is 21.7 Å². The highest BCUT2D eigenvalue weighted by molar-refractivity contribution is 7.71. The lowest BCUT2D eigenvalue weighted by Gasteiger charge is -1.94. The maximum Gasteiger partial charge on any atom is 0.301 e. The van der Waals surface area contributed by atoms with Crippen molar-refractivity contribution < 1.29 is 17.6 Å². The van der Waals surface area contributed by atoms with Crippen LogP contribution in [0.3, 0.4) is 0 Å². The topological polar surface area (TPSA) is 51.2 Å². The summed E-state index contributed by atoms with van der Waals surface area (Å²) in [5, 5.41) is 1.21. The molecule has 0 heterocycles. The summed E-state index contributed by atoms with van der Waals surface area (Å²) in [6, 6.07) is -1.27. The van der Waals surface area contributed by atoms with Crippen LogP contribution in [-0.4, -0.2) is 19.8 Å². The molecule has 0 unspecified atom stereocenters. The first kappa shape index (κ1) is 12.3. The van der Waals surface area contributed by atoms with E-state index in [1.54, 1.807) is 0 Å². The molecule has 0 aliphatic heterocycles. The van der Waals surface area contributed by atoms with Gasteiger partial charge in [0.2, 0.25) is 10.3 Å². The SMILES string of the molecule is O=C(F)CCCCCCC=S(=O)=O.